The summed E-state index contributed by atoms with van der Waals surface area (Å²) in [5.41, 5.74) is 7.65. The number of hydrogen-bond donors (Lipinski definition) is 0. The van der Waals surface area contributed by atoms with E-state index >= 15 is 0 Å². The molecule has 0 saturated carbocycles. The molecule has 0 radical (unpaired) electrons. The van der Waals surface area contributed by atoms with E-state index in [1.54, 1.807) is 15.3 Å². The Hall–Kier alpha value is -3.90. The third-order valence-electron chi connectivity index (χ3n) is 7.97. The van der Waals surface area contributed by atoms with Crippen LogP contribution in [-0.4, -0.2) is 38.2 Å². The Kier molecular flexibility index (Phi) is 8.83. The zero-order valence-electron chi connectivity index (χ0n) is 25.2. The lowest BCUT2D eigenvalue weighted by Gasteiger charge is -2.28. The fraction of sp³-hybridized carbons (Fsp3) is 0.343. The number of hydrogen-bond acceptors (Lipinski definition) is 3. The first kappa shape index (κ1) is 29.6. The lowest BCUT2D eigenvalue weighted by atomic mass is 9.98. The second kappa shape index (κ2) is 12.5. The van der Waals surface area contributed by atoms with E-state index in [-0.39, 0.29) is 11.5 Å². The molecule has 0 spiro atoms. The molecular formula is C35H39ClN4O2. The summed E-state index contributed by atoms with van der Waals surface area (Å²) >= 11 is 6.12. The quantitative estimate of drug-likeness (QED) is 0.223. The van der Waals surface area contributed by atoms with Gasteiger partial charge >= 0.3 is 0 Å². The number of benzene rings is 2. The van der Waals surface area contributed by atoms with Crippen LogP contribution in [0, 0.1) is 6.92 Å². The molecule has 5 rings (SSSR count). The third kappa shape index (κ3) is 5.73. The highest BCUT2D eigenvalue weighted by atomic mass is 35.5. The molecule has 0 bridgehead atoms. The van der Waals surface area contributed by atoms with E-state index < -0.39 is 0 Å². The molecule has 1 saturated heterocycles. The first-order chi connectivity index (χ1) is 20.2. The smallest absolute Gasteiger partial charge is 0.265 e. The summed E-state index contributed by atoms with van der Waals surface area (Å²) < 4.78 is 3.55. The average molecular weight is 583 g/mol. The molecule has 6 nitrogen and oxygen atoms in total. The summed E-state index contributed by atoms with van der Waals surface area (Å²) in [5.74, 6) is -0.0426. The third-order valence-corrected chi connectivity index (χ3v) is 8.22. The van der Waals surface area contributed by atoms with Gasteiger partial charge in [0.2, 0.25) is 0 Å². The van der Waals surface area contributed by atoms with Gasteiger partial charge in [0.05, 0.1) is 28.2 Å². The fourth-order valence-corrected chi connectivity index (χ4v) is 5.96. The fourth-order valence-electron chi connectivity index (χ4n) is 5.83. The van der Waals surface area contributed by atoms with E-state index in [1.165, 1.54) is 0 Å². The van der Waals surface area contributed by atoms with E-state index in [2.05, 4.69) is 26.0 Å². The van der Waals surface area contributed by atoms with Gasteiger partial charge in [-0.1, -0.05) is 49.2 Å². The number of pyridine rings is 1. The number of amides is 1. The number of likely N-dealkylation sites (tertiary alicyclic amines) is 1. The molecule has 0 unspecified atom stereocenters. The van der Waals surface area contributed by atoms with Crippen LogP contribution in [0.3, 0.4) is 0 Å². The van der Waals surface area contributed by atoms with Gasteiger partial charge < -0.3 is 4.90 Å². The van der Waals surface area contributed by atoms with E-state index in [9.17, 15) is 9.59 Å². The van der Waals surface area contributed by atoms with Crippen LogP contribution in [0.5, 0.6) is 0 Å². The van der Waals surface area contributed by atoms with Crippen molar-refractivity contribution in [3.63, 3.8) is 0 Å². The molecule has 42 heavy (non-hydrogen) atoms. The summed E-state index contributed by atoms with van der Waals surface area (Å²) in [7, 11) is 0. The van der Waals surface area contributed by atoms with Crippen LogP contribution in [0.25, 0.3) is 28.7 Å². The number of aromatic nitrogens is 3. The van der Waals surface area contributed by atoms with Crippen molar-refractivity contribution in [3.8, 4) is 22.6 Å². The first-order valence-electron chi connectivity index (χ1n) is 14.9. The highest BCUT2D eigenvalue weighted by Gasteiger charge is 2.28. The molecule has 1 amide bonds. The Bertz CT molecular complexity index is 1680. The monoisotopic (exact) mass is 582 g/mol. The Morgan fingerprint density at radius 1 is 0.976 bits per heavy atom. The molecule has 2 aromatic carbocycles. The van der Waals surface area contributed by atoms with Crippen LogP contribution in [0.2, 0.25) is 5.02 Å². The highest BCUT2D eigenvalue weighted by molar-refractivity contribution is 6.30. The molecule has 2 aromatic heterocycles. The van der Waals surface area contributed by atoms with Gasteiger partial charge in [0.25, 0.3) is 11.5 Å². The number of piperidine rings is 1. The van der Waals surface area contributed by atoms with E-state index in [0.29, 0.717) is 27.5 Å². The van der Waals surface area contributed by atoms with Crippen molar-refractivity contribution in [3.05, 3.63) is 104 Å². The minimum absolute atomic E-state index is 0.0426. The van der Waals surface area contributed by atoms with Gasteiger partial charge in [-0.15, -0.1) is 0 Å². The van der Waals surface area contributed by atoms with Crippen molar-refractivity contribution in [2.24, 2.45) is 0 Å². The molecule has 3 heterocycles. The van der Waals surface area contributed by atoms with Crippen molar-refractivity contribution >= 4 is 23.6 Å². The normalized spacial score (nSPS) is 13.3. The van der Waals surface area contributed by atoms with Crippen molar-refractivity contribution in [2.45, 2.75) is 66.7 Å². The first-order valence-corrected chi connectivity index (χ1v) is 15.3. The van der Waals surface area contributed by atoms with Crippen LogP contribution in [0.4, 0.5) is 0 Å². The minimum atomic E-state index is -0.183. The Morgan fingerprint density at radius 2 is 1.62 bits per heavy atom. The number of para-hydroxylation sites is 1. The number of rotatable bonds is 7. The van der Waals surface area contributed by atoms with Crippen molar-refractivity contribution in [1.82, 2.24) is 19.2 Å². The number of carbonyl (C=O) groups is 1. The van der Waals surface area contributed by atoms with Gasteiger partial charge in [-0.05, 0) is 106 Å². The van der Waals surface area contributed by atoms with Crippen molar-refractivity contribution in [1.29, 1.82) is 0 Å². The lowest BCUT2D eigenvalue weighted by Crippen LogP contribution is -2.37. The second-order valence-electron chi connectivity index (χ2n) is 11.3. The van der Waals surface area contributed by atoms with E-state index in [4.69, 9.17) is 16.7 Å². The summed E-state index contributed by atoms with van der Waals surface area (Å²) in [6.45, 7) is 11.6. The zero-order chi connectivity index (χ0) is 30.0. The summed E-state index contributed by atoms with van der Waals surface area (Å²) in [5, 5.41) is 5.53. The lowest BCUT2D eigenvalue weighted by molar-refractivity contribution is 0.0723. The zero-order valence-corrected chi connectivity index (χ0v) is 26.0. The number of nitrogens with zero attached hydrogens (tertiary/aromatic N) is 4. The van der Waals surface area contributed by atoms with Gasteiger partial charge in [0.15, 0.2) is 0 Å². The largest absolute Gasteiger partial charge is 0.339 e. The van der Waals surface area contributed by atoms with Gasteiger partial charge in [0, 0.05) is 24.3 Å². The maximum Gasteiger partial charge on any atom is 0.265 e. The molecule has 1 aliphatic rings. The standard InChI is InChI=1S/C35H39ClN4O2/c1-6-25-12-11-13-26(7-2)33(25)40-31(20-23(3)4)29(34(41)38-18-9-8-10-19-38)21-30(35(40)42)32-24(5)22-39(37-32)28-16-14-27(36)15-17-28/h11-17,20-22H,6-10,18-19H2,1-5H3. The van der Waals surface area contributed by atoms with Gasteiger partial charge in [-0.2, -0.15) is 5.10 Å². The molecule has 7 heteroatoms. The number of aryl methyl sites for hydroxylation is 3. The molecule has 1 fully saturated rings. The van der Waals surface area contributed by atoms with Crippen molar-refractivity contribution in [2.75, 3.05) is 13.1 Å². The summed E-state index contributed by atoms with van der Waals surface area (Å²) in [6, 6.07) is 15.4. The van der Waals surface area contributed by atoms with E-state index in [1.807, 2.05) is 68.3 Å². The molecular weight excluding hydrogens is 544 g/mol. The molecule has 4 aromatic rings. The van der Waals surface area contributed by atoms with Crippen LogP contribution < -0.4 is 5.56 Å². The summed E-state index contributed by atoms with van der Waals surface area (Å²) in [4.78, 5) is 31.0. The topological polar surface area (TPSA) is 60.1 Å². The van der Waals surface area contributed by atoms with Gasteiger partial charge in [-0.25, -0.2) is 4.68 Å². The molecule has 0 N–H and O–H groups in total. The second-order valence-corrected chi connectivity index (χ2v) is 11.7. The Morgan fingerprint density at radius 3 is 2.21 bits per heavy atom. The number of allylic oxidation sites excluding steroid dienone is 1. The van der Waals surface area contributed by atoms with Crippen molar-refractivity contribution < 1.29 is 4.79 Å². The molecule has 0 aliphatic carbocycles. The predicted octanol–water partition coefficient (Wildman–Crippen LogP) is 7.83. The van der Waals surface area contributed by atoms with E-state index in [0.717, 1.165) is 78.8 Å². The Balaban J connectivity index is 1.85. The number of halogens is 1. The van der Waals surface area contributed by atoms with Crippen LogP contribution in [0.1, 0.15) is 79.7 Å². The molecule has 1 aliphatic heterocycles. The number of carbonyl (C=O) groups excluding carboxylic acids is 1. The average Bonchev–Trinajstić information content (AvgIpc) is 3.38. The Labute approximate surface area is 253 Å². The van der Waals surface area contributed by atoms with Crippen LogP contribution >= 0.6 is 11.6 Å². The van der Waals surface area contributed by atoms with Crippen LogP contribution in [-0.2, 0) is 12.8 Å². The predicted molar refractivity (Wildman–Crippen MR) is 172 cm³/mol. The maximum atomic E-state index is 14.7. The summed E-state index contributed by atoms with van der Waals surface area (Å²) in [6.07, 6.45) is 8.50. The maximum absolute atomic E-state index is 14.7. The SMILES string of the molecule is CCc1cccc(CC)c1-n1c(C=C(C)C)c(C(=O)N2CCCCC2)cc(-c2nn(-c3ccc(Cl)cc3)cc2C)c1=O. The highest BCUT2D eigenvalue weighted by Crippen LogP contribution is 2.30. The van der Waals surface area contributed by atoms with Gasteiger partial charge in [0.1, 0.15) is 5.69 Å². The van der Waals surface area contributed by atoms with Crippen LogP contribution in [0.15, 0.2) is 65.1 Å². The van der Waals surface area contributed by atoms with Gasteiger partial charge in [-0.3, -0.25) is 14.2 Å². The molecule has 218 valence electrons. The molecule has 0 atom stereocenters. The minimum Gasteiger partial charge on any atom is -0.339 e.